The molecule has 26 heavy (non-hydrogen) atoms. The molecule has 1 aromatic carbocycles. The molecule has 2 heterocycles. The Bertz CT molecular complexity index is 960. The highest BCUT2D eigenvalue weighted by Crippen LogP contribution is 2.21. The number of aryl methyl sites for hydroxylation is 1. The molecule has 0 aliphatic carbocycles. The number of benzene rings is 1. The lowest BCUT2D eigenvalue weighted by atomic mass is 10.1. The highest BCUT2D eigenvalue weighted by atomic mass is 32.1. The van der Waals surface area contributed by atoms with Gasteiger partial charge in [-0.05, 0) is 35.7 Å². The summed E-state index contributed by atoms with van der Waals surface area (Å²) in [6.07, 6.45) is -0.146. The summed E-state index contributed by atoms with van der Waals surface area (Å²) < 4.78 is 23.7. The molecule has 3 rings (SSSR count). The number of thiophene rings is 1. The molecule has 0 amide bonds. The number of aromatic nitrogens is 2. The topological polar surface area (TPSA) is 91.4 Å². The van der Waals surface area contributed by atoms with Crippen molar-refractivity contribution in [3.8, 4) is 10.8 Å². The van der Waals surface area contributed by atoms with Gasteiger partial charge in [-0.15, -0.1) is 16.4 Å². The number of hydrogen-bond acceptors (Lipinski definition) is 7. The maximum atomic E-state index is 12.8. The molecule has 0 saturated carbocycles. The van der Waals surface area contributed by atoms with Crippen LogP contribution in [0.2, 0.25) is 0 Å². The number of carbonyl (C=O) groups is 2. The third-order valence-electron chi connectivity index (χ3n) is 3.40. The molecule has 134 valence electrons. The van der Waals surface area contributed by atoms with Crippen molar-refractivity contribution in [3.63, 3.8) is 0 Å². The third kappa shape index (κ3) is 4.31. The minimum atomic E-state index is -0.677. The van der Waals surface area contributed by atoms with Crippen LogP contribution in [0.4, 0.5) is 4.39 Å². The number of nitrogens with zero attached hydrogens (tertiary/aromatic N) is 2. The molecule has 0 spiro atoms. The molecular formula is C17H13FN2O5S. The lowest BCUT2D eigenvalue weighted by molar-refractivity contribution is -0.142. The van der Waals surface area contributed by atoms with Gasteiger partial charge in [-0.3, -0.25) is 9.59 Å². The molecule has 0 saturated heterocycles. The predicted octanol–water partition coefficient (Wildman–Crippen LogP) is 2.52. The van der Waals surface area contributed by atoms with Crippen LogP contribution in [0.15, 0.2) is 51.0 Å². The summed E-state index contributed by atoms with van der Waals surface area (Å²) in [6.45, 7) is -0.490. The first-order valence-corrected chi connectivity index (χ1v) is 8.47. The van der Waals surface area contributed by atoms with Gasteiger partial charge in [0.1, 0.15) is 5.82 Å². The van der Waals surface area contributed by atoms with Crippen LogP contribution < -0.4 is 5.76 Å². The van der Waals surface area contributed by atoms with Crippen molar-refractivity contribution >= 4 is 23.1 Å². The minimum Gasteiger partial charge on any atom is -0.457 e. The summed E-state index contributed by atoms with van der Waals surface area (Å²) in [5, 5.41) is 5.84. The molecule has 7 nitrogen and oxygen atoms in total. The van der Waals surface area contributed by atoms with Crippen molar-refractivity contribution in [1.82, 2.24) is 9.78 Å². The van der Waals surface area contributed by atoms with Crippen molar-refractivity contribution in [2.45, 2.75) is 13.0 Å². The van der Waals surface area contributed by atoms with Gasteiger partial charge in [-0.2, -0.15) is 4.68 Å². The lowest BCUT2D eigenvalue weighted by Gasteiger charge is -2.04. The standard InChI is InChI=1S/C17H13FN2O5S/c18-12-5-3-11(4-6-12)13(21)10-24-15(22)7-8-20-17(23)25-16(19-20)14-2-1-9-26-14/h1-6,9H,7-8,10H2. The maximum absolute atomic E-state index is 12.8. The minimum absolute atomic E-state index is 0.0305. The number of Topliss-reactive ketones (excluding diaryl/α,β-unsaturated/α-hetero) is 1. The van der Waals surface area contributed by atoms with Gasteiger partial charge in [0.2, 0.25) is 0 Å². The summed E-state index contributed by atoms with van der Waals surface area (Å²) in [6, 6.07) is 8.48. The van der Waals surface area contributed by atoms with Crippen molar-refractivity contribution in [2.75, 3.05) is 6.61 Å². The summed E-state index contributed by atoms with van der Waals surface area (Å²) in [5.74, 6) is -2.06. The zero-order valence-electron chi connectivity index (χ0n) is 13.4. The monoisotopic (exact) mass is 376 g/mol. The second-order valence-electron chi connectivity index (χ2n) is 5.21. The van der Waals surface area contributed by atoms with E-state index < -0.39 is 29.9 Å². The van der Waals surface area contributed by atoms with Gasteiger partial charge in [0.05, 0.1) is 17.8 Å². The van der Waals surface area contributed by atoms with E-state index in [9.17, 15) is 18.8 Å². The van der Waals surface area contributed by atoms with E-state index >= 15 is 0 Å². The lowest BCUT2D eigenvalue weighted by Crippen LogP contribution is -2.20. The Morgan fingerprint density at radius 2 is 2.00 bits per heavy atom. The molecule has 0 atom stereocenters. The zero-order valence-corrected chi connectivity index (χ0v) is 14.2. The molecule has 0 aliphatic rings. The summed E-state index contributed by atoms with van der Waals surface area (Å²) in [4.78, 5) is 36.0. The predicted molar refractivity (Wildman–Crippen MR) is 90.4 cm³/mol. The summed E-state index contributed by atoms with van der Waals surface area (Å²) >= 11 is 1.37. The second kappa shape index (κ2) is 7.87. The van der Waals surface area contributed by atoms with Gasteiger partial charge in [-0.1, -0.05) is 6.07 Å². The Hall–Kier alpha value is -3.07. The van der Waals surface area contributed by atoms with Gasteiger partial charge in [0.15, 0.2) is 12.4 Å². The van der Waals surface area contributed by atoms with Crippen LogP contribution in [0.5, 0.6) is 0 Å². The molecule has 2 aromatic heterocycles. The van der Waals surface area contributed by atoms with Gasteiger partial charge in [0, 0.05) is 5.56 Å². The first-order valence-electron chi connectivity index (χ1n) is 7.59. The van der Waals surface area contributed by atoms with Gasteiger partial charge >= 0.3 is 11.7 Å². The third-order valence-corrected chi connectivity index (χ3v) is 4.25. The zero-order chi connectivity index (χ0) is 18.5. The van der Waals surface area contributed by atoms with Crippen LogP contribution >= 0.6 is 11.3 Å². The first kappa shape index (κ1) is 17.7. The number of halogens is 1. The molecule has 0 N–H and O–H groups in total. The Morgan fingerprint density at radius 3 is 2.69 bits per heavy atom. The fourth-order valence-electron chi connectivity index (χ4n) is 2.08. The van der Waals surface area contributed by atoms with Crippen LogP contribution in [0.3, 0.4) is 0 Å². The normalized spacial score (nSPS) is 10.7. The average Bonchev–Trinajstić information content (AvgIpc) is 3.28. The number of ether oxygens (including phenoxy) is 1. The highest BCUT2D eigenvalue weighted by molar-refractivity contribution is 7.13. The van der Waals surface area contributed by atoms with E-state index in [4.69, 9.17) is 9.15 Å². The van der Waals surface area contributed by atoms with Crippen LogP contribution in [-0.4, -0.2) is 28.1 Å². The van der Waals surface area contributed by atoms with Gasteiger partial charge in [-0.25, -0.2) is 9.18 Å². The molecule has 0 unspecified atom stereocenters. The number of rotatable bonds is 7. The van der Waals surface area contributed by atoms with Crippen LogP contribution in [-0.2, 0) is 16.1 Å². The molecule has 9 heteroatoms. The number of esters is 1. The van der Waals surface area contributed by atoms with Gasteiger partial charge in [0.25, 0.3) is 5.89 Å². The first-order chi connectivity index (χ1) is 12.5. The van der Waals surface area contributed by atoms with E-state index in [1.807, 2.05) is 5.38 Å². The second-order valence-corrected chi connectivity index (χ2v) is 6.16. The van der Waals surface area contributed by atoms with E-state index in [1.54, 1.807) is 12.1 Å². The van der Waals surface area contributed by atoms with Crippen molar-refractivity contribution in [3.05, 3.63) is 63.7 Å². The van der Waals surface area contributed by atoms with E-state index in [1.165, 1.54) is 23.5 Å². The Kier molecular flexibility index (Phi) is 5.37. The Morgan fingerprint density at radius 1 is 1.23 bits per heavy atom. The van der Waals surface area contributed by atoms with E-state index in [0.717, 1.165) is 16.8 Å². The van der Waals surface area contributed by atoms with Crippen LogP contribution in [0, 0.1) is 5.82 Å². The smallest absolute Gasteiger partial charge is 0.437 e. The average molecular weight is 376 g/mol. The molecule has 0 fully saturated rings. The van der Waals surface area contributed by atoms with Crippen molar-refractivity contribution in [2.24, 2.45) is 0 Å². The SMILES string of the molecule is O=C(CCn1nc(-c2cccs2)oc1=O)OCC(=O)c1ccc(F)cc1. The molecule has 0 radical (unpaired) electrons. The summed E-state index contributed by atoms with van der Waals surface area (Å²) in [5.41, 5.74) is 0.243. The molecule has 0 aliphatic heterocycles. The van der Waals surface area contributed by atoms with Crippen molar-refractivity contribution < 1.29 is 23.1 Å². The number of ketones is 1. The molecular weight excluding hydrogens is 363 g/mol. The Labute approximate surface area is 150 Å². The van der Waals surface area contributed by atoms with Crippen LogP contribution in [0.1, 0.15) is 16.8 Å². The van der Waals surface area contributed by atoms with E-state index in [2.05, 4.69) is 5.10 Å². The quantitative estimate of drug-likeness (QED) is 0.465. The maximum Gasteiger partial charge on any atom is 0.437 e. The van der Waals surface area contributed by atoms with Gasteiger partial charge < -0.3 is 9.15 Å². The molecule has 3 aromatic rings. The Balaban J connectivity index is 1.51. The fraction of sp³-hybridized carbons (Fsp3) is 0.176. The number of carbonyl (C=O) groups excluding carboxylic acids is 2. The summed E-state index contributed by atoms with van der Waals surface area (Å²) in [7, 11) is 0. The van der Waals surface area contributed by atoms with Crippen molar-refractivity contribution in [1.29, 1.82) is 0 Å². The largest absolute Gasteiger partial charge is 0.457 e. The van der Waals surface area contributed by atoms with E-state index in [0.29, 0.717) is 4.88 Å². The molecule has 0 bridgehead atoms. The van der Waals surface area contributed by atoms with Crippen LogP contribution in [0.25, 0.3) is 10.8 Å². The van der Waals surface area contributed by atoms with E-state index in [-0.39, 0.29) is 24.4 Å². The highest BCUT2D eigenvalue weighted by Gasteiger charge is 2.14. The number of hydrogen-bond donors (Lipinski definition) is 0. The fourth-order valence-corrected chi connectivity index (χ4v) is 2.73.